The lowest BCUT2D eigenvalue weighted by atomic mass is 10.1. The molecule has 1 fully saturated rings. The summed E-state index contributed by atoms with van der Waals surface area (Å²) < 4.78 is 6.23. The van der Waals surface area contributed by atoms with E-state index in [0.717, 1.165) is 35.7 Å². The van der Waals surface area contributed by atoms with E-state index >= 15 is 0 Å². The van der Waals surface area contributed by atoms with Crippen LogP contribution in [0.25, 0.3) is 11.4 Å². The minimum absolute atomic E-state index is 0.164. The molecule has 116 valence electrons. The van der Waals surface area contributed by atoms with Gasteiger partial charge in [-0.25, -0.2) is 0 Å². The first-order chi connectivity index (χ1) is 10.6. The fourth-order valence-corrected chi connectivity index (χ4v) is 3.23. The first-order valence-electron chi connectivity index (χ1n) is 7.47. The zero-order valence-corrected chi connectivity index (χ0v) is 14.0. The van der Waals surface area contributed by atoms with Crippen LogP contribution >= 0.6 is 15.9 Å². The molecule has 2 aromatic rings. The van der Waals surface area contributed by atoms with Crippen LogP contribution in [0.2, 0.25) is 0 Å². The predicted molar refractivity (Wildman–Crippen MR) is 85.9 cm³/mol. The number of halogens is 1. The van der Waals surface area contributed by atoms with Gasteiger partial charge in [0, 0.05) is 23.0 Å². The van der Waals surface area contributed by atoms with E-state index in [0.29, 0.717) is 18.3 Å². The van der Waals surface area contributed by atoms with Crippen molar-refractivity contribution in [1.82, 2.24) is 15.0 Å². The van der Waals surface area contributed by atoms with Gasteiger partial charge in [0.15, 0.2) is 0 Å². The standard InChI is InChI=1S/C16H18BrN3O2/c1-20(16(21)11-5-2-3-6-11)10-14-18-15(19-22-14)12-7-4-8-13(17)9-12/h4,7-9,11H,2-3,5-6,10H2,1H3. The van der Waals surface area contributed by atoms with Crippen LogP contribution in [-0.4, -0.2) is 28.0 Å². The Labute approximate surface area is 137 Å². The third-order valence-corrected chi connectivity index (χ3v) is 4.50. The summed E-state index contributed by atoms with van der Waals surface area (Å²) in [5.41, 5.74) is 0.883. The molecule has 6 heteroatoms. The average molecular weight is 364 g/mol. The quantitative estimate of drug-likeness (QED) is 0.831. The molecule has 22 heavy (non-hydrogen) atoms. The van der Waals surface area contributed by atoms with Crippen molar-refractivity contribution >= 4 is 21.8 Å². The normalized spacial score (nSPS) is 15.2. The first kappa shape index (κ1) is 15.2. The van der Waals surface area contributed by atoms with Crippen molar-refractivity contribution in [3.8, 4) is 11.4 Å². The molecule has 5 nitrogen and oxygen atoms in total. The van der Waals surface area contributed by atoms with Gasteiger partial charge in [-0.3, -0.25) is 4.79 Å². The molecular weight excluding hydrogens is 346 g/mol. The van der Waals surface area contributed by atoms with Crippen molar-refractivity contribution in [2.24, 2.45) is 5.92 Å². The third kappa shape index (κ3) is 3.38. The summed E-state index contributed by atoms with van der Waals surface area (Å²) >= 11 is 3.42. The molecular formula is C16H18BrN3O2. The highest BCUT2D eigenvalue weighted by molar-refractivity contribution is 9.10. The molecule has 0 spiro atoms. The lowest BCUT2D eigenvalue weighted by Crippen LogP contribution is -2.31. The van der Waals surface area contributed by atoms with Crippen LogP contribution < -0.4 is 0 Å². The fraction of sp³-hybridized carbons (Fsp3) is 0.438. The monoisotopic (exact) mass is 363 g/mol. The van der Waals surface area contributed by atoms with Crippen molar-refractivity contribution in [2.45, 2.75) is 32.2 Å². The van der Waals surface area contributed by atoms with Crippen LogP contribution in [-0.2, 0) is 11.3 Å². The van der Waals surface area contributed by atoms with Gasteiger partial charge in [-0.15, -0.1) is 0 Å². The fourth-order valence-electron chi connectivity index (χ4n) is 2.83. The molecule has 0 N–H and O–H groups in total. The van der Waals surface area contributed by atoms with Gasteiger partial charge < -0.3 is 9.42 Å². The van der Waals surface area contributed by atoms with Crippen molar-refractivity contribution in [3.63, 3.8) is 0 Å². The van der Waals surface area contributed by atoms with Crippen molar-refractivity contribution in [1.29, 1.82) is 0 Å². The highest BCUT2D eigenvalue weighted by Gasteiger charge is 2.26. The molecule has 1 saturated carbocycles. The zero-order valence-electron chi connectivity index (χ0n) is 12.5. The van der Waals surface area contributed by atoms with E-state index in [9.17, 15) is 4.79 Å². The minimum Gasteiger partial charge on any atom is -0.337 e. The summed E-state index contributed by atoms with van der Waals surface area (Å²) in [6.45, 7) is 0.357. The Kier molecular flexibility index (Phi) is 4.57. The van der Waals surface area contributed by atoms with Gasteiger partial charge in [-0.2, -0.15) is 4.98 Å². The smallest absolute Gasteiger partial charge is 0.246 e. The molecule has 1 aromatic heterocycles. The second kappa shape index (κ2) is 6.60. The third-order valence-electron chi connectivity index (χ3n) is 4.00. The van der Waals surface area contributed by atoms with Crippen LogP contribution in [0.3, 0.4) is 0 Å². The predicted octanol–water partition coefficient (Wildman–Crippen LogP) is 3.65. The van der Waals surface area contributed by atoms with Crippen LogP contribution in [0.1, 0.15) is 31.6 Å². The van der Waals surface area contributed by atoms with Crippen molar-refractivity contribution in [2.75, 3.05) is 7.05 Å². The van der Waals surface area contributed by atoms with E-state index in [1.165, 1.54) is 0 Å². The molecule has 1 heterocycles. The number of rotatable bonds is 4. The number of hydrogen-bond acceptors (Lipinski definition) is 4. The van der Waals surface area contributed by atoms with E-state index in [1.807, 2.05) is 24.3 Å². The van der Waals surface area contributed by atoms with E-state index < -0.39 is 0 Å². The van der Waals surface area contributed by atoms with Gasteiger partial charge in [0.25, 0.3) is 0 Å². The Morgan fingerprint density at radius 3 is 2.91 bits per heavy atom. The Hall–Kier alpha value is -1.69. The minimum atomic E-state index is 0.164. The lowest BCUT2D eigenvalue weighted by molar-refractivity contribution is -0.134. The molecule has 0 radical (unpaired) electrons. The molecule has 1 aliphatic carbocycles. The number of amides is 1. The second-order valence-corrected chi connectivity index (χ2v) is 6.61. The van der Waals surface area contributed by atoms with E-state index in [2.05, 4.69) is 26.1 Å². The highest BCUT2D eigenvalue weighted by Crippen LogP contribution is 2.27. The Morgan fingerprint density at radius 2 is 2.18 bits per heavy atom. The van der Waals surface area contributed by atoms with Crippen LogP contribution in [0, 0.1) is 5.92 Å². The first-order valence-corrected chi connectivity index (χ1v) is 8.26. The topological polar surface area (TPSA) is 59.2 Å². The van der Waals surface area contributed by atoms with Gasteiger partial charge in [0.05, 0.1) is 6.54 Å². The summed E-state index contributed by atoms with van der Waals surface area (Å²) in [6.07, 6.45) is 4.29. The molecule has 0 unspecified atom stereocenters. The Bertz CT molecular complexity index is 665. The summed E-state index contributed by atoms with van der Waals surface area (Å²) in [4.78, 5) is 18.4. The number of carbonyl (C=O) groups excluding carboxylic acids is 1. The molecule has 0 aliphatic heterocycles. The molecule has 1 aliphatic rings. The number of carbonyl (C=O) groups is 1. The molecule has 0 atom stereocenters. The zero-order chi connectivity index (χ0) is 15.5. The maximum Gasteiger partial charge on any atom is 0.246 e. The Balaban J connectivity index is 1.67. The van der Waals surface area contributed by atoms with E-state index in [4.69, 9.17) is 4.52 Å². The lowest BCUT2D eigenvalue weighted by Gasteiger charge is -2.18. The van der Waals surface area contributed by atoms with E-state index in [1.54, 1.807) is 11.9 Å². The maximum atomic E-state index is 12.3. The number of aromatic nitrogens is 2. The number of benzene rings is 1. The number of hydrogen-bond donors (Lipinski definition) is 0. The number of nitrogens with zero attached hydrogens (tertiary/aromatic N) is 3. The SMILES string of the molecule is CN(Cc1nc(-c2cccc(Br)c2)no1)C(=O)C1CCCC1. The van der Waals surface area contributed by atoms with Gasteiger partial charge in [-0.1, -0.05) is 46.1 Å². The van der Waals surface area contributed by atoms with Crippen molar-refractivity contribution in [3.05, 3.63) is 34.6 Å². The summed E-state index contributed by atoms with van der Waals surface area (Å²) in [5.74, 6) is 1.35. The molecule has 3 rings (SSSR count). The molecule has 0 saturated heterocycles. The summed E-state index contributed by atoms with van der Waals surface area (Å²) in [7, 11) is 1.80. The summed E-state index contributed by atoms with van der Waals surface area (Å²) in [5, 5.41) is 3.99. The van der Waals surface area contributed by atoms with Crippen molar-refractivity contribution < 1.29 is 9.32 Å². The largest absolute Gasteiger partial charge is 0.337 e. The van der Waals surface area contributed by atoms with Gasteiger partial charge >= 0.3 is 0 Å². The van der Waals surface area contributed by atoms with Gasteiger partial charge in [0.2, 0.25) is 17.6 Å². The van der Waals surface area contributed by atoms with Crippen LogP contribution in [0.15, 0.2) is 33.3 Å². The highest BCUT2D eigenvalue weighted by atomic mass is 79.9. The van der Waals surface area contributed by atoms with Crippen LogP contribution in [0.4, 0.5) is 0 Å². The van der Waals surface area contributed by atoms with Crippen LogP contribution in [0.5, 0.6) is 0 Å². The summed E-state index contributed by atoms with van der Waals surface area (Å²) in [6, 6.07) is 7.72. The average Bonchev–Trinajstić information content (AvgIpc) is 3.18. The second-order valence-electron chi connectivity index (χ2n) is 5.70. The molecule has 0 bridgehead atoms. The Morgan fingerprint density at radius 1 is 1.41 bits per heavy atom. The van der Waals surface area contributed by atoms with Gasteiger partial charge in [0.1, 0.15) is 0 Å². The van der Waals surface area contributed by atoms with Gasteiger partial charge in [-0.05, 0) is 25.0 Å². The molecule has 1 amide bonds. The molecule has 1 aromatic carbocycles. The van der Waals surface area contributed by atoms with E-state index in [-0.39, 0.29) is 11.8 Å². The maximum absolute atomic E-state index is 12.3.